The van der Waals surface area contributed by atoms with Crippen LogP contribution in [0.1, 0.15) is 17.7 Å². The Bertz CT molecular complexity index is 1090. The van der Waals surface area contributed by atoms with Crippen molar-refractivity contribution in [1.82, 2.24) is 9.13 Å². The van der Waals surface area contributed by atoms with Crippen molar-refractivity contribution >= 4 is 54.8 Å². The van der Waals surface area contributed by atoms with Gasteiger partial charge in [-0.25, -0.2) is 0 Å². The van der Waals surface area contributed by atoms with Crippen molar-refractivity contribution in [1.29, 1.82) is 0 Å². The fraction of sp³-hybridized carbons (Fsp3) is 0.158. The maximum absolute atomic E-state index is 4.03. The average Bonchev–Trinajstić information content (AvgIpc) is 3.09. The molecule has 1 aliphatic rings. The summed E-state index contributed by atoms with van der Waals surface area (Å²) in [6.45, 7) is 10.2. The van der Waals surface area contributed by atoms with Gasteiger partial charge in [-0.3, -0.25) is 0 Å². The molecule has 108 valence electrons. The molecule has 0 spiro atoms. The van der Waals surface area contributed by atoms with Gasteiger partial charge < -0.3 is 9.13 Å². The van der Waals surface area contributed by atoms with E-state index in [1.807, 2.05) is 23.5 Å². The van der Waals surface area contributed by atoms with E-state index >= 15 is 0 Å². The number of hydrogen-bond acceptors (Lipinski definition) is 1. The number of benzene rings is 1. The summed E-state index contributed by atoms with van der Waals surface area (Å²) in [6.07, 6.45) is 5.11. The quantitative estimate of drug-likeness (QED) is 0.463. The predicted octanol–water partition coefficient (Wildman–Crippen LogP) is 5.50. The molecule has 1 aliphatic heterocycles. The van der Waals surface area contributed by atoms with Gasteiger partial charge in [0, 0.05) is 35.2 Å². The first-order chi connectivity index (χ1) is 10.8. The Labute approximate surface area is 132 Å². The Morgan fingerprint density at radius 2 is 1.73 bits per heavy atom. The van der Waals surface area contributed by atoms with E-state index in [-0.39, 0.29) is 0 Å². The highest BCUT2D eigenvalue weighted by Crippen LogP contribution is 2.45. The molecule has 0 aliphatic carbocycles. The van der Waals surface area contributed by atoms with Crippen molar-refractivity contribution in [3.05, 3.63) is 48.7 Å². The minimum absolute atomic E-state index is 1.05. The van der Waals surface area contributed by atoms with Gasteiger partial charge in [0.15, 0.2) is 0 Å². The summed E-state index contributed by atoms with van der Waals surface area (Å²) in [5.74, 6) is 0. The lowest BCUT2D eigenvalue weighted by atomic mass is 10.2. The molecule has 3 aromatic heterocycles. The Hall–Kier alpha value is -2.26. The van der Waals surface area contributed by atoms with Crippen LogP contribution in [-0.4, -0.2) is 9.13 Å². The molecule has 0 atom stereocenters. The zero-order chi connectivity index (χ0) is 14.8. The zero-order valence-electron chi connectivity index (χ0n) is 12.3. The SMILES string of the molecule is C=Cc1c(C=C)n2c3c1sc1c4ccccc4n(c13)CCC2. The lowest BCUT2D eigenvalue weighted by molar-refractivity contribution is 0.605. The van der Waals surface area contributed by atoms with Gasteiger partial charge in [0.05, 0.1) is 20.4 Å². The molecule has 0 bridgehead atoms. The smallest absolute Gasteiger partial charge is 0.0849 e. The molecule has 0 N–H and O–H groups in total. The maximum atomic E-state index is 4.03. The van der Waals surface area contributed by atoms with Gasteiger partial charge in [-0.1, -0.05) is 37.4 Å². The molecule has 1 aromatic carbocycles. The Balaban J connectivity index is 2.13. The lowest BCUT2D eigenvalue weighted by Gasteiger charge is -2.06. The highest BCUT2D eigenvalue weighted by Gasteiger charge is 2.25. The number of rotatable bonds is 2. The molecule has 0 amide bonds. The highest BCUT2D eigenvalue weighted by molar-refractivity contribution is 7.27. The molecule has 0 radical (unpaired) electrons. The summed E-state index contributed by atoms with van der Waals surface area (Å²) in [4.78, 5) is 0. The second-order valence-corrected chi connectivity index (χ2v) is 6.86. The van der Waals surface area contributed by atoms with Crippen LogP contribution < -0.4 is 0 Å². The second kappa shape index (κ2) is 4.14. The number of aromatic nitrogens is 2. The van der Waals surface area contributed by atoms with Crippen LogP contribution in [0.25, 0.3) is 43.5 Å². The first kappa shape index (κ1) is 12.3. The van der Waals surface area contributed by atoms with Crippen LogP contribution in [0.15, 0.2) is 37.4 Å². The van der Waals surface area contributed by atoms with E-state index in [0.717, 1.165) is 19.5 Å². The maximum Gasteiger partial charge on any atom is 0.0849 e. The number of para-hydroxylation sites is 1. The fourth-order valence-corrected chi connectivity index (χ4v) is 5.34. The Morgan fingerprint density at radius 3 is 2.55 bits per heavy atom. The van der Waals surface area contributed by atoms with Crippen molar-refractivity contribution in [3.63, 3.8) is 0 Å². The summed E-state index contributed by atoms with van der Waals surface area (Å²) in [7, 11) is 0. The van der Waals surface area contributed by atoms with Crippen molar-refractivity contribution in [2.75, 3.05) is 0 Å². The molecular weight excluding hydrogens is 288 g/mol. The van der Waals surface area contributed by atoms with Crippen molar-refractivity contribution < 1.29 is 0 Å². The van der Waals surface area contributed by atoms with Gasteiger partial charge in [0.1, 0.15) is 0 Å². The summed E-state index contributed by atoms with van der Waals surface area (Å²) < 4.78 is 7.72. The van der Waals surface area contributed by atoms with E-state index in [4.69, 9.17) is 0 Å². The molecule has 4 aromatic rings. The Kier molecular flexibility index (Phi) is 2.32. The zero-order valence-corrected chi connectivity index (χ0v) is 13.1. The number of thiophene rings is 1. The van der Waals surface area contributed by atoms with E-state index in [1.54, 1.807) is 0 Å². The van der Waals surface area contributed by atoms with Crippen molar-refractivity contribution in [2.45, 2.75) is 19.5 Å². The number of nitrogens with zero attached hydrogens (tertiary/aromatic N) is 2. The topological polar surface area (TPSA) is 9.86 Å². The summed E-state index contributed by atoms with van der Waals surface area (Å²) in [5.41, 5.74) is 6.59. The minimum atomic E-state index is 1.05. The Morgan fingerprint density at radius 1 is 0.955 bits per heavy atom. The van der Waals surface area contributed by atoms with Gasteiger partial charge in [0.25, 0.3) is 0 Å². The van der Waals surface area contributed by atoms with E-state index in [9.17, 15) is 0 Å². The average molecular weight is 304 g/mol. The van der Waals surface area contributed by atoms with Crippen LogP contribution in [-0.2, 0) is 13.1 Å². The van der Waals surface area contributed by atoms with Crippen molar-refractivity contribution in [2.24, 2.45) is 0 Å². The van der Waals surface area contributed by atoms with Gasteiger partial charge in [-0.2, -0.15) is 0 Å². The third-order valence-corrected chi connectivity index (χ3v) is 6.04. The second-order valence-electron chi connectivity index (χ2n) is 5.84. The van der Waals surface area contributed by atoms with Gasteiger partial charge in [-0.05, 0) is 18.6 Å². The molecule has 4 heterocycles. The predicted molar refractivity (Wildman–Crippen MR) is 97.6 cm³/mol. The molecule has 0 fully saturated rings. The molecule has 2 nitrogen and oxygen atoms in total. The van der Waals surface area contributed by atoms with Crippen LogP contribution in [0.2, 0.25) is 0 Å². The molecular formula is C19H16N2S. The number of hydrogen-bond donors (Lipinski definition) is 0. The van der Waals surface area contributed by atoms with E-state index < -0.39 is 0 Å². The normalized spacial score (nSPS) is 14.2. The van der Waals surface area contributed by atoms with Gasteiger partial charge in [-0.15, -0.1) is 11.3 Å². The number of fused-ring (bicyclic) bond motifs is 3. The number of aryl methyl sites for hydroxylation is 2. The monoisotopic (exact) mass is 304 g/mol. The van der Waals surface area contributed by atoms with Crippen LogP contribution in [0.3, 0.4) is 0 Å². The van der Waals surface area contributed by atoms with Crippen LogP contribution in [0.5, 0.6) is 0 Å². The molecule has 22 heavy (non-hydrogen) atoms. The van der Waals surface area contributed by atoms with E-state index in [2.05, 4.69) is 46.6 Å². The highest BCUT2D eigenvalue weighted by atomic mass is 32.1. The first-order valence-corrected chi connectivity index (χ1v) is 8.47. The third kappa shape index (κ3) is 1.26. The summed E-state index contributed by atoms with van der Waals surface area (Å²) >= 11 is 1.90. The third-order valence-electron chi connectivity index (χ3n) is 4.81. The van der Waals surface area contributed by atoms with Gasteiger partial charge >= 0.3 is 0 Å². The molecule has 3 heteroatoms. The molecule has 0 saturated heterocycles. The van der Waals surface area contributed by atoms with E-state index in [1.165, 1.54) is 42.6 Å². The van der Waals surface area contributed by atoms with E-state index in [0.29, 0.717) is 0 Å². The van der Waals surface area contributed by atoms with Crippen molar-refractivity contribution in [3.8, 4) is 0 Å². The largest absolute Gasteiger partial charge is 0.338 e. The molecule has 0 saturated carbocycles. The van der Waals surface area contributed by atoms with Crippen LogP contribution in [0.4, 0.5) is 0 Å². The molecule has 5 rings (SSSR count). The minimum Gasteiger partial charge on any atom is -0.338 e. The van der Waals surface area contributed by atoms with Crippen LogP contribution in [0, 0.1) is 0 Å². The molecule has 0 unspecified atom stereocenters. The van der Waals surface area contributed by atoms with Crippen LogP contribution >= 0.6 is 11.3 Å². The summed E-state index contributed by atoms with van der Waals surface area (Å²) in [5, 5.41) is 1.38. The summed E-state index contributed by atoms with van der Waals surface area (Å²) in [6, 6.07) is 8.77. The first-order valence-electron chi connectivity index (χ1n) is 7.66. The lowest BCUT2D eigenvalue weighted by Crippen LogP contribution is -2.01. The fourth-order valence-electron chi connectivity index (χ4n) is 3.95. The van der Waals surface area contributed by atoms with Gasteiger partial charge in [0.2, 0.25) is 0 Å². The standard InChI is InChI=1S/C19H16N2S/c1-3-12-14(4-2)20-10-7-11-21-15-9-6-5-8-13(15)19-17(21)16(20)18(12)22-19/h3-6,8-9H,1-2,7,10-11H2.